The minimum atomic E-state index is 0.705. The molecule has 0 unspecified atom stereocenters. The Hall–Kier alpha value is -6.58. The van der Waals surface area contributed by atoms with Crippen molar-refractivity contribution in [3.8, 4) is 61.8 Å². The third kappa shape index (κ3) is 5.28. The number of fused-ring (bicyclic) bond motifs is 3. The SMILES string of the molecule is c1ccc(-c2ccc(-c3cc(-c4ccccc4-c4ccc5c(c4)c4ccccc4n5-c4ccccc4)nc(-c4ccccc4)n3)cc2)cc1. The molecule has 2 aromatic heterocycles. The van der Waals surface area contributed by atoms with Crippen molar-refractivity contribution < 1.29 is 0 Å². The number of benzene rings is 7. The maximum Gasteiger partial charge on any atom is 0.160 e. The van der Waals surface area contributed by atoms with Crippen LogP contribution in [0.4, 0.5) is 0 Å². The number of aromatic nitrogens is 3. The summed E-state index contributed by atoms with van der Waals surface area (Å²) in [6.07, 6.45) is 0. The first-order valence-electron chi connectivity index (χ1n) is 16.6. The molecule has 0 amide bonds. The van der Waals surface area contributed by atoms with Crippen molar-refractivity contribution >= 4 is 21.8 Å². The summed E-state index contributed by atoms with van der Waals surface area (Å²) in [5.74, 6) is 0.705. The van der Waals surface area contributed by atoms with E-state index < -0.39 is 0 Å². The van der Waals surface area contributed by atoms with Gasteiger partial charge in [0.2, 0.25) is 0 Å². The second-order valence-corrected chi connectivity index (χ2v) is 12.2. The molecule has 3 nitrogen and oxygen atoms in total. The molecule has 0 aliphatic carbocycles. The van der Waals surface area contributed by atoms with Crippen molar-refractivity contribution in [2.45, 2.75) is 0 Å². The van der Waals surface area contributed by atoms with Gasteiger partial charge in [-0.3, -0.25) is 0 Å². The van der Waals surface area contributed by atoms with Gasteiger partial charge in [0.15, 0.2) is 5.82 Å². The van der Waals surface area contributed by atoms with Crippen LogP contribution in [0.2, 0.25) is 0 Å². The van der Waals surface area contributed by atoms with E-state index in [0.29, 0.717) is 5.82 Å². The van der Waals surface area contributed by atoms with Crippen molar-refractivity contribution in [2.24, 2.45) is 0 Å². The van der Waals surface area contributed by atoms with Crippen molar-refractivity contribution in [2.75, 3.05) is 0 Å². The van der Waals surface area contributed by atoms with E-state index in [1.54, 1.807) is 0 Å². The summed E-state index contributed by atoms with van der Waals surface area (Å²) in [5.41, 5.74) is 13.1. The summed E-state index contributed by atoms with van der Waals surface area (Å²) in [4.78, 5) is 10.3. The second kappa shape index (κ2) is 12.2. The van der Waals surface area contributed by atoms with Crippen LogP contribution in [0, 0.1) is 0 Å². The smallest absolute Gasteiger partial charge is 0.160 e. The third-order valence-electron chi connectivity index (χ3n) is 9.25. The van der Waals surface area contributed by atoms with Gasteiger partial charge in [0.1, 0.15) is 0 Å². The average Bonchev–Trinajstić information content (AvgIpc) is 3.52. The van der Waals surface area contributed by atoms with Gasteiger partial charge in [-0.25, -0.2) is 9.97 Å². The lowest BCUT2D eigenvalue weighted by atomic mass is 9.95. The zero-order valence-corrected chi connectivity index (χ0v) is 26.7. The molecule has 230 valence electrons. The highest BCUT2D eigenvalue weighted by Crippen LogP contribution is 2.38. The highest BCUT2D eigenvalue weighted by molar-refractivity contribution is 6.10. The lowest BCUT2D eigenvalue weighted by molar-refractivity contribution is 1.18. The number of para-hydroxylation sites is 2. The zero-order valence-electron chi connectivity index (χ0n) is 26.7. The van der Waals surface area contributed by atoms with Crippen LogP contribution >= 0.6 is 0 Å². The molecular weight excluding hydrogens is 595 g/mol. The normalized spacial score (nSPS) is 11.3. The van der Waals surface area contributed by atoms with Crippen LogP contribution in [-0.2, 0) is 0 Å². The maximum atomic E-state index is 5.19. The highest BCUT2D eigenvalue weighted by atomic mass is 15.0. The number of hydrogen-bond donors (Lipinski definition) is 0. The largest absolute Gasteiger partial charge is 0.309 e. The van der Waals surface area contributed by atoms with E-state index in [1.807, 2.05) is 24.3 Å². The van der Waals surface area contributed by atoms with Crippen LogP contribution in [0.5, 0.6) is 0 Å². The quantitative estimate of drug-likeness (QED) is 0.184. The molecule has 7 aromatic carbocycles. The van der Waals surface area contributed by atoms with E-state index in [4.69, 9.17) is 9.97 Å². The molecule has 9 aromatic rings. The van der Waals surface area contributed by atoms with Crippen molar-refractivity contribution in [1.29, 1.82) is 0 Å². The Morgan fingerprint density at radius 2 is 0.857 bits per heavy atom. The van der Waals surface area contributed by atoms with Crippen molar-refractivity contribution in [3.63, 3.8) is 0 Å². The summed E-state index contributed by atoms with van der Waals surface area (Å²) in [5, 5.41) is 2.45. The predicted octanol–water partition coefficient (Wildman–Crippen LogP) is 11.9. The number of nitrogens with zero attached hydrogens (tertiary/aromatic N) is 3. The number of rotatable bonds is 6. The number of hydrogen-bond acceptors (Lipinski definition) is 2. The van der Waals surface area contributed by atoms with Crippen molar-refractivity contribution in [3.05, 3.63) is 188 Å². The van der Waals surface area contributed by atoms with Crippen molar-refractivity contribution in [1.82, 2.24) is 14.5 Å². The van der Waals surface area contributed by atoms with Gasteiger partial charge in [0.05, 0.1) is 22.4 Å². The summed E-state index contributed by atoms with van der Waals surface area (Å²) in [7, 11) is 0. The molecule has 2 heterocycles. The van der Waals surface area contributed by atoms with Gasteiger partial charge >= 0.3 is 0 Å². The molecule has 0 aliphatic heterocycles. The second-order valence-electron chi connectivity index (χ2n) is 12.2. The molecule has 0 fully saturated rings. The molecular formula is C46H31N3. The average molecular weight is 626 g/mol. The molecule has 9 rings (SSSR count). The monoisotopic (exact) mass is 625 g/mol. The predicted molar refractivity (Wildman–Crippen MR) is 204 cm³/mol. The van der Waals surface area contributed by atoms with E-state index in [0.717, 1.165) is 44.9 Å². The molecule has 0 spiro atoms. The first-order chi connectivity index (χ1) is 24.3. The summed E-state index contributed by atoms with van der Waals surface area (Å²) >= 11 is 0. The lowest BCUT2D eigenvalue weighted by Gasteiger charge is -2.14. The standard InChI is InChI=1S/C46H31N3/c1-4-14-32(15-5-1)33-24-26-34(27-25-33)42-31-43(48-46(47-42)35-16-6-2-7-17-35)39-21-11-10-20-38(39)36-28-29-45-41(30-36)40-22-12-13-23-44(40)49(45)37-18-8-3-9-19-37/h1-31H. The molecule has 0 aliphatic rings. The van der Waals surface area contributed by atoms with Gasteiger partial charge in [-0.2, -0.15) is 0 Å². The van der Waals surface area contributed by atoms with E-state index in [1.165, 1.54) is 32.9 Å². The van der Waals surface area contributed by atoms with Gasteiger partial charge in [-0.1, -0.05) is 152 Å². The highest BCUT2D eigenvalue weighted by Gasteiger charge is 2.17. The Bertz CT molecular complexity index is 2570. The van der Waals surface area contributed by atoms with Gasteiger partial charge < -0.3 is 4.57 Å². The summed E-state index contributed by atoms with van der Waals surface area (Å²) < 4.78 is 2.35. The van der Waals surface area contributed by atoms with Crippen LogP contribution in [0.25, 0.3) is 83.6 Å². The Morgan fingerprint density at radius 1 is 0.327 bits per heavy atom. The van der Waals surface area contributed by atoms with E-state index in [-0.39, 0.29) is 0 Å². The summed E-state index contributed by atoms with van der Waals surface area (Å²) in [6.45, 7) is 0. The fourth-order valence-corrected chi connectivity index (χ4v) is 6.87. The van der Waals surface area contributed by atoms with E-state index >= 15 is 0 Å². The fraction of sp³-hybridized carbons (Fsp3) is 0. The molecule has 0 radical (unpaired) electrons. The van der Waals surface area contributed by atoms with Gasteiger partial charge in [0, 0.05) is 33.2 Å². The van der Waals surface area contributed by atoms with Gasteiger partial charge in [0.25, 0.3) is 0 Å². The molecule has 0 saturated carbocycles. The topological polar surface area (TPSA) is 30.7 Å². The van der Waals surface area contributed by atoms with Crippen LogP contribution < -0.4 is 0 Å². The van der Waals surface area contributed by atoms with Gasteiger partial charge in [-0.05, 0) is 58.7 Å². The Morgan fingerprint density at radius 3 is 1.61 bits per heavy atom. The van der Waals surface area contributed by atoms with Crippen LogP contribution in [0.15, 0.2) is 188 Å². The molecule has 0 saturated heterocycles. The maximum absolute atomic E-state index is 5.19. The minimum Gasteiger partial charge on any atom is -0.309 e. The van der Waals surface area contributed by atoms with E-state index in [2.05, 4.69) is 168 Å². The lowest BCUT2D eigenvalue weighted by Crippen LogP contribution is -1.97. The summed E-state index contributed by atoms with van der Waals surface area (Å²) in [6, 6.07) is 66.1. The minimum absolute atomic E-state index is 0.705. The van der Waals surface area contributed by atoms with Crippen LogP contribution in [0.3, 0.4) is 0 Å². The third-order valence-corrected chi connectivity index (χ3v) is 9.25. The van der Waals surface area contributed by atoms with Gasteiger partial charge in [-0.15, -0.1) is 0 Å². The molecule has 0 bridgehead atoms. The fourth-order valence-electron chi connectivity index (χ4n) is 6.87. The van der Waals surface area contributed by atoms with Crippen LogP contribution in [0.1, 0.15) is 0 Å². The zero-order chi connectivity index (χ0) is 32.6. The first-order valence-corrected chi connectivity index (χ1v) is 16.6. The van der Waals surface area contributed by atoms with Crippen LogP contribution in [-0.4, -0.2) is 14.5 Å². The molecule has 0 N–H and O–H groups in total. The molecule has 0 atom stereocenters. The van der Waals surface area contributed by atoms with E-state index in [9.17, 15) is 0 Å². The first kappa shape index (κ1) is 28.6. The Balaban J connectivity index is 1.20. The molecule has 3 heteroatoms. The Kier molecular flexibility index (Phi) is 7.14. The Labute approximate surface area is 285 Å². The molecule has 49 heavy (non-hydrogen) atoms.